The van der Waals surface area contributed by atoms with Crippen molar-refractivity contribution < 1.29 is 9.53 Å². The third-order valence-corrected chi connectivity index (χ3v) is 3.63. The molecular formula is C15H27N5O2. The molecule has 22 heavy (non-hydrogen) atoms. The summed E-state index contributed by atoms with van der Waals surface area (Å²) in [5, 5.41) is 7.63. The van der Waals surface area contributed by atoms with E-state index in [9.17, 15) is 4.79 Å². The first-order valence-electron chi connectivity index (χ1n) is 7.86. The van der Waals surface area contributed by atoms with Gasteiger partial charge in [-0.3, -0.25) is 4.68 Å². The molecule has 1 saturated heterocycles. The molecule has 1 fully saturated rings. The minimum atomic E-state index is -0.425. The number of aryl methyl sites for hydroxylation is 1. The molecule has 1 N–H and O–H groups in total. The second kappa shape index (κ2) is 7.09. The van der Waals surface area contributed by atoms with Crippen LogP contribution < -0.4 is 5.32 Å². The molecule has 0 aromatic carbocycles. The highest BCUT2D eigenvalue weighted by molar-refractivity contribution is 5.68. The number of carbonyl (C=O) groups is 1. The summed E-state index contributed by atoms with van der Waals surface area (Å²) in [5.41, 5.74) is -0.425. The van der Waals surface area contributed by atoms with Crippen LogP contribution in [0.2, 0.25) is 0 Å². The maximum absolute atomic E-state index is 12.0. The molecule has 7 nitrogen and oxygen atoms in total. The molecule has 124 valence electrons. The smallest absolute Gasteiger partial charge is 0.410 e. The second-order valence-electron chi connectivity index (χ2n) is 6.88. The van der Waals surface area contributed by atoms with Crippen LogP contribution in [0, 0.1) is 5.92 Å². The number of aromatic nitrogens is 3. The number of likely N-dealkylation sites (tertiary alicyclic amines) is 1. The summed E-state index contributed by atoms with van der Waals surface area (Å²) >= 11 is 0. The van der Waals surface area contributed by atoms with Crippen molar-refractivity contribution in [2.24, 2.45) is 13.0 Å². The topological polar surface area (TPSA) is 72.3 Å². The summed E-state index contributed by atoms with van der Waals surface area (Å²) in [6.45, 7) is 8.84. The minimum Gasteiger partial charge on any atom is -0.444 e. The van der Waals surface area contributed by atoms with Crippen molar-refractivity contribution in [3.63, 3.8) is 0 Å². The largest absolute Gasteiger partial charge is 0.444 e. The van der Waals surface area contributed by atoms with Gasteiger partial charge in [-0.15, -0.1) is 0 Å². The predicted octanol–water partition coefficient (Wildman–Crippen LogP) is 1.55. The molecule has 1 amide bonds. The zero-order valence-corrected chi connectivity index (χ0v) is 14.0. The number of hydrogen-bond donors (Lipinski definition) is 1. The molecule has 1 aliphatic rings. The summed E-state index contributed by atoms with van der Waals surface area (Å²) in [6, 6.07) is 0. The molecule has 2 rings (SSSR count). The van der Waals surface area contributed by atoms with Crippen LogP contribution >= 0.6 is 0 Å². The Kier molecular flexibility index (Phi) is 5.39. The first-order chi connectivity index (χ1) is 10.3. The van der Waals surface area contributed by atoms with Crippen LogP contribution in [-0.4, -0.2) is 51.0 Å². The van der Waals surface area contributed by atoms with E-state index in [1.54, 1.807) is 11.0 Å². The molecule has 2 heterocycles. The Morgan fingerprint density at radius 3 is 2.64 bits per heavy atom. The molecule has 0 aliphatic carbocycles. The zero-order chi connectivity index (χ0) is 16.2. The fraction of sp³-hybridized carbons (Fsp3) is 0.800. The molecule has 0 bridgehead atoms. The molecule has 0 radical (unpaired) electrons. The molecule has 1 aromatic heterocycles. The van der Waals surface area contributed by atoms with E-state index in [0.717, 1.165) is 38.3 Å². The van der Waals surface area contributed by atoms with Gasteiger partial charge in [0.1, 0.15) is 11.9 Å². The first kappa shape index (κ1) is 16.7. The van der Waals surface area contributed by atoms with Crippen LogP contribution in [0.1, 0.15) is 39.4 Å². The number of nitrogens with zero attached hydrogens (tertiary/aromatic N) is 4. The van der Waals surface area contributed by atoms with Crippen molar-refractivity contribution in [1.29, 1.82) is 0 Å². The van der Waals surface area contributed by atoms with Crippen LogP contribution in [0.15, 0.2) is 6.33 Å². The average Bonchev–Trinajstić information content (AvgIpc) is 2.83. The van der Waals surface area contributed by atoms with Gasteiger partial charge in [0, 0.05) is 20.1 Å². The van der Waals surface area contributed by atoms with E-state index in [4.69, 9.17) is 4.74 Å². The van der Waals surface area contributed by atoms with Gasteiger partial charge in [0.15, 0.2) is 5.82 Å². The summed E-state index contributed by atoms with van der Waals surface area (Å²) in [6.07, 6.45) is 3.51. The normalized spacial score (nSPS) is 16.8. The lowest BCUT2D eigenvalue weighted by Gasteiger charge is -2.33. The van der Waals surface area contributed by atoms with E-state index < -0.39 is 5.60 Å². The van der Waals surface area contributed by atoms with Gasteiger partial charge in [-0.05, 0) is 46.1 Å². The van der Waals surface area contributed by atoms with Gasteiger partial charge in [-0.25, -0.2) is 9.78 Å². The van der Waals surface area contributed by atoms with Crippen LogP contribution in [0.3, 0.4) is 0 Å². The molecule has 1 aromatic rings. The standard InChI is InChI=1S/C15H27N5O2/c1-15(2,3)22-14(21)20-7-5-12(6-8-20)9-16-10-13-17-11-19(4)18-13/h11-12,16H,5-10H2,1-4H3. The van der Waals surface area contributed by atoms with Crippen molar-refractivity contribution in [3.8, 4) is 0 Å². The molecule has 0 spiro atoms. The lowest BCUT2D eigenvalue weighted by molar-refractivity contribution is 0.0184. The fourth-order valence-electron chi connectivity index (χ4n) is 2.50. The Bertz CT molecular complexity index is 486. The van der Waals surface area contributed by atoms with E-state index in [2.05, 4.69) is 15.4 Å². The number of ether oxygens (including phenoxy) is 1. The van der Waals surface area contributed by atoms with Gasteiger partial charge in [-0.1, -0.05) is 0 Å². The van der Waals surface area contributed by atoms with Crippen LogP contribution in [0.25, 0.3) is 0 Å². The van der Waals surface area contributed by atoms with E-state index in [0.29, 0.717) is 12.5 Å². The van der Waals surface area contributed by atoms with Crippen molar-refractivity contribution >= 4 is 6.09 Å². The van der Waals surface area contributed by atoms with Crippen LogP contribution in [0.4, 0.5) is 4.79 Å². The lowest BCUT2D eigenvalue weighted by atomic mass is 9.97. The Morgan fingerprint density at radius 2 is 2.09 bits per heavy atom. The number of rotatable bonds is 4. The van der Waals surface area contributed by atoms with E-state index in [1.165, 1.54) is 0 Å². The van der Waals surface area contributed by atoms with Crippen molar-refractivity contribution in [2.75, 3.05) is 19.6 Å². The Morgan fingerprint density at radius 1 is 1.41 bits per heavy atom. The predicted molar refractivity (Wildman–Crippen MR) is 83.2 cm³/mol. The number of nitrogens with one attached hydrogen (secondary N) is 1. The van der Waals surface area contributed by atoms with Gasteiger partial charge >= 0.3 is 6.09 Å². The van der Waals surface area contributed by atoms with Gasteiger partial charge < -0.3 is 15.0 Å². The van der Waals surface area contributed by atoms with Gasteiger partial charge in [0.05, 0.1) is 6.54 Å². The number of hydrogen-bond acceptors (Lipinski definition) is 5. The lowest BCUT2D eigenvalue weighted by Crippen LogP contribution is -2.43. The monoisotopic (exact) mass is 309 g/mol. The summed E-state index contributed by atoms with van der Waals surface area (Å²) in [7, 11) is 1.86. The van der Waals surface area contributed by atoms with Crippen LogP contribution in [-0.2, 0) is 18.3 Å². The number of carbonyl (C=O) groups excluding carboxylic acids is 1. The maximum Gasteiger partial charge on any atom is 0.410 e. The van der Waals surface area contributed by atoms with Gasteiger partial charge in [0.2, 0.25) is 0 Å². The molecule has 0 unspecified atom stereocenters. The first-order valence-corrected chi connectivity index (χ1v) is 7.86. The third kappa shape index (κ3) is 5.29. The van der Waals surface area contributed by atoms with Crippen molar-refractivity contribution in [3.05, 3.63) is 12.2 Å². The number of amides is 1. The molecule has 0 saturated carbocycles. The molecule has 1 aliphatic heterocycles. The fourth-order valence-corrected chi connectivity index (χ4v) is 2.50. The summed E-state index contributed by atoms with van der Waals surface area (Å²) in [4.78, 5) is 18.0. The average molecular weight is 309 g/mol. The van der Waals surface area contributed by atoms with Crippen molar-refractivity contribution in [2.45, 2.75) is 45.8 Å². The van der Waals surface area contributed by atoms with E-state index in [1.807, 2.05) is 32.7 Å². The Hall–Kier alpha value is -1.63. The Labute approximate surface area is 132 Å². The molecule has 7 heteroatoms. The zero-order valence-electron chi connectivity index (χ0n) is 14.0. The van der Waals surface area contributed by atoms with Gasteiger partial charge in [-0.2, -0.15) is 5.10 Å². The Balaban J connectivity index is 1.65. The maximum atomic E-state index is 12.0. The quantitative estimate of drug-likeness (QED) is 0.913. The highest BCUT2D eigenvalue weighted by Gasteiger charge is 2.26. The van der Waals surface area contributed by atoms with E-state index in [-0.39, 0.29) is 6.09 Å². The highest BCUT2D eigenvalue weighted by Crippen LogP contribution is 2.19. The minimum absolute atomic E-state index is 0.198. The van der Waals surface area contributed by atoms with Crippen molar-refractivity contribution in [1.82, 2.24) is 25.0 Å². The SMILES string of the molecule is Cn1cnc(CNCC2CCN(C(=O)OC(C)(C)C)CC2)n1. The molecule has 0 atom stereocenters. The van der Waals surface area contributed by atoms with Crippen LogP contribution in [0.5, 0.6) is 0 Å². The molecular weight excluding hydrogens is 282 g/mol. The van der Waals surface area contributed by atoms with Gasteiger partial charge in [0.25, 0.3) is 0 Å². The second-order valence-corrected chi connectivity index (χ2v) is 6.88. The summed E-state index contributed by atoms with van der Waals surface area (Å²) < 4.78 is 7.11. The third-order valence-electron chi connectivity index (χ3n) is 3.63. The van der Waals surface area contributed by atoms with E-state index >= 15 is 0 Å². The summed E-state index contributed by atoms with van der Waals surface area (Å²) in [5.74, 6) is 1.40. The highest BCUT2D eigenvalue weighted by atomic mass is 16.6. The number of piperidine rings is 1.